The van der Waals surface area contributed by atoms with Crippen molar-refractivity contribution in [2.24, 2.45) is 7.05 Å². The molecule has 1 unspecified atom stereocenters. The van der Waals surface area contributed by atoms with Gasteiger partial charge in [-0.2, -0.15) is 4.31 Å². The number of rotatable bonds is 4. The smallest absolute Gasteiger partial charge is 0.244 e. The molecule has 7 nitrogen and oxygen atoms in total. The monoisotopic (exact) mass is 364 g/mol. The lowest BCUT2D eigenvalue weighted by molar-refractivity contribution is 0.258. The zero-order valence-corrected chi connectivity index (χ0v) is 15.8. The molecule has 2 aromatic rings. The molecular formula is C17H24N4O3S. The van der Waals surface area contributed by atoms with E-state index in [2.05, 4.69) is 10.3 Å². The summed E-state index contributed by atoms with van der Waals surface area (Å²) < 4.78 is 35.5. The second kappa shape index (κ2) is 6.78. The van der Waals surface area contributed by atoms with Gasteiger partial charge < -0.3 is 14.6 Å². The van der Waals surface area contributed by atoms with Gasteiger partial charge in [-0.05, 0) is 37.1 Å². The average molecular weight is 364 g/mol. The summed E-state index contributed by atoms with van der Waals surface area (Å²) in [5.41, 5.74) is 1.48. The van der Waals surface area contributed by atoms with E-state index < -0.39 is 10.0 Å². The van der Waals surface area contributed by atoms with E-state index in [-0.39, 0.29) is 6.04 Å². The Morgan fingerprint density at radius 2 is 2.04 bits per heavy atom. The summed E-state index contributed by atoms with van der Waals surface area (Å²) >= 11 is 0. The van der Waals surface area contributed by atoms with Crippen LogP contribution in [0.1, 0.15) is 23.0 Å². The van der Waals surface area contributed by atoms with Crippen LogP contribution in [0, 0.1) is 13.8 Å². The summed E-state index contributed by atoms with van der Waals surface area (Å²) in [4.78, 5) is 4.69. The topological polar surface area (TPSA) is 76.5 Å². The van der Waals surface area contributed by atoms with E-state index in [1.54, 1.807) is 36.7 Å². The summed E-state index contributed by atoms with van der Waals surface area (Å²) in [6.07, 6.45) is 3.52. The van der Waals surface area contributed by atoms with Crippen LogP contribution < -0.4 is 10.1 Å². The van der Waals surface area contributed by atoms with Crippen LogP contribution in [-0.2, 0) is 17.1 Å². The van der Waals surface area contributed by atoms with Gasteiger partial charge in [0.1, 0.15) is 11.6 Å². The molecule has 2 heterocycles. The third-order valence-electron chi connectivity index (χ3n) is 4.63. The Hall–Kier alpha value is -1.90. The van der Waals surface area contributed by atoms with Gasteiger partial charge in [-0.3, -0.25) is 0 Å². The standard InChI is InChI=1S/C17H24N4O3S/c1-12-10-16(13(2)9-15(12)24-4)25(22,23)21-8-5-18-11-14(21)17-19-6-7-20(17)3/h6-7,9-10,14,18H,5,8,11H2,1-4H3. The molecule has 0 saturated carbocycles. The lowest BCUT2D eigenvalue weighted by Gasteiger charge is -2.35. The summed E-state index contributed by atoms with van der Waals surface area (Å²) in [6.45, 7) is 5.22. The number of aromatic nitrogens is 2. The molecule has 1 N–H and O–H groups in total. The maximum atomic E-state index is 13.4. The Kier molecular flexibility index (Phi) is 4.86. The number of imidazole rings is 1. The molecule has 1 saturated heterocycles. The third-order valence-corrected chi connectivity index (χ3v) is 6.68. The van der Waals surface area contributed by atoms with Gasteiger partial charge in [0.2, 0.25) is 10.0 Å². The molecule has 1 atom stereocenters. The predicted octanol–water partition coefficient (Wildman–Crippen LogP) is 1.38. The highest BCUT2D eigenvalue weighted by atomic mass is 32.2. The second-order valence-electron chi connectivity index (χ2n) is 6.32. The minimum absolute atomic E-state index is 0.326. The highest BCUT2D eigenvalue weighted by molar-refractivity contribution is 7.89. The molecular weight excluding hydrogens is 340 g/mol. The fourth-order valence-corrected chi connectivity index (χ4v) is 5.16. The zero-order valence-electron chi connectivity index (χ0n) is 15.0. The SMILES string of the molecule is COc1cc(C)c(S(=O)(=O)N2CCNCC2c2nccn2C)cc1C. The van der Waals surface area contributed by atoms with Crippen LogP contribution in [0.5, 0.6) is 5.75 Å². The van der Waals surface area contributed by atoms with Crippen molar-refractivity contribution in [2.45, 2.75) is 24.8 Å². The van der Waals surface area contributed by atoms with Gasteiger partial charge >= 0.3 is 0 Å². The average Bonchev–Trinajstić information content (AvgIpc) is 3.02. The van der Waals surface area contributed by atoms with E-state index in [0.29, 0.717) is 35.8 Å². The van der Waals surface area contributed by atoms with Crippen molar-refractivity contribution in [3.05, 3.63) is 41.5 Å². The molecule has 0 spiro atoms. The molecule has 25 heavy (non-hydrogen) atoms. The van der Waals surface area contributed by atoms with E-state index >= 15 is 0 Å². The molecule has 1 aliphatic rings. The Morgan fingerprint density at radius 3 is 2.68 bits per heavy atom. The first-order valence-electron chi connectivity index (χ1n) is 8.21. The van der Waals surface area contributed by atoms with Crippen LogP contribution in [0.4, 0.5) is 0 Å². The van der Waals surface area contributed by atoms with Crippen LogP contribution in [0.25, 0.3) is 0 Å². The molecule has 0 radical (unpaired) electrons. The minimum Gasteiger partial charge on any atom is -0.496 e. The highest BCUT2D eigenvalue weighted by Crippen LogP contribution is 2.32. The van der Waals surface area contributed by atoms with Crippen molar-refractivity contribution in [3.63, 3.8) is 0 Å². The van der Waals surface area contributed by atoms with Gasteiger partial charge in [0.25, 0.3) is 0 Å². The normalized spacial score (nSPS) is 19.1. The number of hydrogen-bond acceptors (Lipinski definition) is 5. The molecule has 1 fully saturated rings. The maximum absolute atomic E-state index is 13.4. The van der Waals surface area contributed by atoms with Crippen molar-refractivity contribution >= 4 is 10.0 Å². The van der Waals surface area contributed by atoms with Crippen molar-refractivity contribution in [1.29, 1.82) is 0 Å². The number of nitrogens with one attached hydrogen (secondary N) is 1. The second-order valence-corrected chi connectivity index (χ2v) is 8.18. The number of hydrogen-bond donors (Lipinski definition) is 1. The lowest BCUT2D eigenvalue weighted by atomic mass is 10.1. The number of aryl methyl sites for hydroxylation is 3. The quantitative estimate of drug-likeness (QED) is 0.887. The van der Waals surface area contributed by atoms with E-state index in [0.717, 1.165) is 11.4 Å². The lowest BCUT2D eigenvalue weighted by Crippen LogP contribution is -2.49. The Bertz CT molecular complexity index is 876. The number of benzene rings is 1. The van der Waals surface area contributed by atoms with Crippen molar-refractivity contribution in [1.82, 2.24) is 19.2 Å². The Balaban J connectivity index is 2.06. The number of methoxy groups -OCH3 is 1. The van der Waals surface area contributed by atoms with Crippen molar-refractivity contribution < 1.29 is 13.2 Å². The summed E-state index contributed by atoms with van der Waals surface area (Å²) in [5.74, 6) is 1.43. The van der Waals surface area contributed by atoms with Crippen molar-refractivity contribution in [2.75, 3.05) is 26.7 Å². The van der Waals surface area contributed by atoms with Crippen LogP contribution in [0.3, 0.4) is 0 Å². The fourth-order valence-electron chi connectivity index (χ4n) is 3.28. The van der Waals surface area contributed by atoms with E-state index in [1.165, 1.54) is 0 Å². The van der Waals surface area contributed by atoms with E-state index in [9.17, 15) is 8.42 Å². The largest absolute Gasteiger partial charge is 0.496 e. The molecule has 3 rings (SSSR count). The van der Waals surface area contributed by atoms with Gasteiger partial charge in [0.05, 0.1) is 18.0 Å². The molecule has 136 valence electrons. The molecule has 0 aliphatic carbocycles. The zero-order chi connectivity index (χ0) is 18.2. The molecule has 0 bridgehead atoms. The Labute approximate surface area is 148 Å². The maximum Gasteiger partial charge on any atom is 0.244 e. The molecule has 1 aromatic heterocycles. The minimum atomic E-state index is -3.65. The van der Waals surface area contributed by atoms with E-state index in [4.69, 9.17) is 4.74 Å². The summed E-state index contributed by atoms with van der Waals surface area (Å²) in [5, 5.41) is 3.27. The van der Waals surface area contributed by atoms with E-state index in [1.807, 2.05) is 24.7 Å². The molecule has 8 heteroatoms. The first kappa shape index (κ1) is 17.9. The van der Waals surface area contributed by atoms with Gasteiger partial charge in [0.15, 0.2) is 0 Å². The number of sulfonamides is 1. The first-order valence-corrected chi connectivity index (χ1v) is 9.65. The Morgan fingerprint density at radius 1 is 1.28 bits per heavy atom. The first-order chi connectivity index (χ1) is 11.9. The molecule has 0 amide bonds. The summed E-state index contributed by atoms with van der Waals surface area (Å²) in [6, 6.07) is 3.14. The van der Waals surface area contributed by atoms with Gasteiger partial charge in [-0.15, -0.1) is 0 Å². The molecule has 1 aromatic carbocycles. The van der Waals surface area contributed by atoms with Gasteiger partial charge in [0, 0.05) is 39.1 Å². The van der Waals surface area contributed by atoms with Crippen LogP contribution in [0.2, 0.25) is 0 Å². The van der Waals surface area contributed by atoms with Gasteiger partial charge in [-0.25, -0.2) is 13.4 Å². The number of nitrogens with zero attached hydrogens (tertiary/aromatic N) is 3. The van der Waals surface area contributed by atoms with Crippen LogP contribution >= 0.6 is 0 Å². The number of piperazine rings is 1. The predicted molar refractivity (Wildman–Crippen MR) is 95.2 cm³/mol. The summed E-state index contributed by atoms with van der Waals surface area (Å²) in [7, 11) is -0.182. The highest BCUT2D eigenvalue weighted by Gasteiger charge is 2.37. The third kappa shape index (κ3) is 3.17. The van der Waals surface area contributed by atoms with Crippen molar-refractivity contribution in [3.8, 4) is 5.75 Å². The number of ether oxygens (including phenoxy) is 1. The van der Waals surface area contributed by atoms with Gasteiger partial charge in [-0.1, -0.05) is 0 Å². The fraction of sp³-hybridized carbons (Fsp3) is 0.471. The van der Waals surface area contributed by atoms with Crippen LogP contribution in [0.15, 0.2) is 29.4 Å². The molecule has 1 aliphatic heterocycles. The van der Waals surface area contributed by atoms with Crippen LogP contribution in [-0.4, -0.2) is 49.0 Å².